The van der Waals surface area contributed by atoms with E-state index in [-0.39, 0.29) is 5.75 Å². The van der Waals surface area contributed by atoms with Crippen LogP contribution in [0, 0.1) is 19.3 Å². The van der Waals surface area contributed by atoms with E-state index < -0.39 is 0 Å². The number of fused-ring (bicyclic) bond motifs is 1. The van der Waals surface area contributed by atoms with Crippen molar-refractivity contribution in [2.45, 2.75) is 25.8 Å². The number of hydrogen-bond donors (Lipinski definition) is 2. The number of terminal acetylenes is 1. The van der Waals surface area contributed by atoms with Gasteiger partial charge in [0.05, 0.1) is 5.39 Å². The molecule has 138 valence electrons. The van der Waals surface area contributed by atoms with Crippen LogP contribution in [-0.2, 0) is 0 Å². The van der Waals surface area contributed by atoms with E-state index in [0.717, 1.165) is 36.9 Å². The summed E-state index contributed by atoms with van der Waals surface area (Å²) in [7, 11) is 2.12. The van der Waals surface area contributed by atoms with E-state index in [1.54, 1.807) is 16.9 Å². The largest absolute Gasteiger partial charge is 0.506 e. The standard InChI is InChI=1S/C20H22N6O/c1-4-14-8-13(2)18(17(27)9-14)26-11-15-10-21-20(23-19(15)24-26)22-16-6-5-7-25(3)12-16/h1,8-11,16,27H,5-7,12H2,2-3H3,(H,22,23,24)/t16-/m1/s1. The molecular weight excluding hydrogens is 340 g/mol. The molecule has 1 aliphatic heterocycles. The third-order valence-corrected chi connectivity index (χ3v) is 4.89. The summed E-state index contributed by atoms with van der Waals surface area (Å²) in [6.45, 7) is 3.99. The molecule has 0 amide bonds. The van der Waals surface area contributed by atoms with Gasteiger partial charge >= 0.3 is 0 Å². The zero-order valence-corrected chi connectivity index (χ0v) is 15.5. The SMILES string of the molecule is C#Cc1cc(C)c(-n2cc3cnc(N[C@@H]4CCCN(C)C4)nc3n2)c(O)c1. The second kappa shape index (κ2) is 6.89. The molecule has 1 saturated heterocycles. The number of nitrogens with one attached hydrogen (secondary N) is 1. The zero-order chi connectivity index (χ0) is 19.0. The van der Waals surface area contributed by atoms with E-state index in [4.69, 9.17) is 6.42 Å². The summed E-state index contributed by atoms with van der Waals surface area (Å²) in [5.74, 6) is 3.21. The minimum Gasteiger partial charge on any atom is -0.506 e. The molecule has 0 unspecified atom stereocenters. The Morgan fingerprint density at radius 1 is 1.37 bits per heavy atom. The van der Waals surface area contributed by atoms with Crippen LogP contribution in [0.3, 0.4) is 0 Å². The summed E-state index contributed by atoms with van der Waals surface area (Å²) in [6.07, 6.45) is 11.3. The predicted molar refractivity (Wildman–Crippen MR) is 105 cm³/mol. The molecule has 1 aliphatic rings. The molecule has 0 spiro atoms. The highest BCUT2D eigenvalue weighted by atomic mass is 16.3. The molecule has 2 aromatic heterocycles. The van der Waals surface area contributed by atoms with E-state index in [9.17, 15) is 5.11 Å². The second-order valence-electron chi connectivity index (χ2n) is 7.10. The van der Waals surface area contributed by atoms with Gasteiger partial charge in [-0.1, -0.05) is 5.92 Å². The van der Waals surface area contributed by atoms with Gasteiger partial charge in [-0.2, -0.15) is 4.98 Å². The molecule has 7 nitrogen and oxygen atoms in total. The molecule has 0 aliphatic carbocycles. The molecule has 0 saturated carbocycles. The van der Waals surface area contributed by atoms with Crippen molar-refractivity contribution < 1.29 is 5.11 Å². The molecule has 0 radical (unpaired) electrons. The maximum Gasteiger partial charge on any atom is 0.225 e. The molecule has 1 fully saturated rings. The van der Waals surface area contributed by atoms with Crippen molar-refractivity contribution in [3.63, 3.8) is 0 Å². The average molecular weight is 362 g/mol. The first-order valence-electron chi connectivity index (χ1n) is 9.01. The van der Waals surface area contributed by atoms with E-state index in [1.807, 2.05) is 19.2 Å². The van der Waals surface area contributed by atoms with Gasteiger partial charge < -0.3 is 15.3 Å². The van der Waals surface area contributed by atoms with Crippen molar-refractivity contribution in [2.75, 3.05) is 25.5 Å². The Morgan fingerprint density at radius 2 is 2.22 bits per heavy atom. The van der Waals surface area contributed by atoms with Gasteiger partial charge in [0.25, 0.3) is 0 Å². The molecule has 1 atom stereocenters. The summed E-state index contributed by atoms with van der Waals surface area (Å²) in [4.78, 5) is 11.3. The van der Waals surface area contributed by atoms with Crippen molar-refractivity contribution >= 4 is 17.0 Å². The quantitative estimate of drug-likeness (QED) is 0.696. The maximum atomic E-state index is 10.4. The summed E-state index contributed by atoms with van der Waals surface area (Å²) in [5.41, 5.74) is 2.65. The number of aromatic hydroxyl groups is 1. The molecule has 3 aromatic rings. The van der Waals surface area contributed by atoms with Crippen molar-refractivity contribution in [3.8, 4) is 23.8 Å². The van der Waals surface area contributed by atoms with Crippen LogP contribution in [0.25, 0.3) is 16.7 Å². The zero-order valence-electron chi connectivity index (χ0n) is 15.5. The summed E-state index contributed by atoms with van der Waals surface area (Å²) < 4.78 is 1.63. The molecule has 1 aromatic carbocycles. The number of anilines is 1. The molecule has 4 rings (SSSR count). The van der Waals surface area contributed by atoms with Gasteiger partial charge in [0.2, 0.25) is 5.95 Å². The number of phenols is 1. The van der Waals surface area contributed by atoms with E-state index in [0.29, 0.717) is 28.9 Å². The number of piperidine rings is 1. The smallest absolute Gasteiger partial charge is 0.225 e. The minimum atomic E-state index is 0.0901. The molecular formula is C20H22N6O. The average Bonchev–Trinajstić information content (AvgIpc) is 3.03. The van der Waals surface area contributed by atoms with Gasteiger partial charge in [-0.15, -0.1) is 11.5 Å². The van der Waals surface area contributed by atoms with Gasteiger partial charge in [-0.25, -0.2) is 9.67 Å². The number of phenolic OH excluding ortho intramolecular Hbond substituents is 1. The van der Waals surface area contributed by atoms with Crippen LogP contribution in [0.5, 0.6) is 5.75 Å². The maximum absolute atomic E-state index is 10.4. The monoisotopic (exact) mass is 362 g/mol. The first kappa shape index (κ1) is 17.3. The highest BCUT2D eigenvalue weighted by molar-refractivity contribution is 5.75. The van der Waals surface area contributed by atoms with Crippen LogP contribution < -0.4 is 5.32 Å². The summed E-state index contributed by atoms with van der Waals surface area (Å²) in [6, 6.07) is 3.75. The van der Waals surface area contributed by atoms with Crippen molar-refractivity contribution in [1.82, 2.24) is 24.6 Å². The molecule has 2 N–H and O–H groups in total. The van der Waals surface area contributed by atoms with Gasteiger partial charge in [0, 0.05) is 30.5 Å². The summed E-state index contributed by atoms with van der Waals surface area (Å²) in [5, 5.41) is 19.1. The van der Waals surface area contributed by atoms with Gasteiger partial charge in [-0.3, -0.25) is 0 Å². The number of benzene rings is 1. The third-order valence-electron chi connectivity index (χ3n) is 4.89. The van der Waals surface area contributed by atoms with Crippen LogP contribution in [-0.4, -0.2) is 55.9 Å². The van der Waals surface area contributed by atoms with Crippen LogP contribution in [0.1, 0.15) is 24.0 Å². The Balaban J connectivity index is 1.65. The Bertz CT molecular complexity index is 1010. The number of aryl methyl sites for hydroxylation is 1. The Hall–Kier alpha value is -3.11. The van der Waals surface area contributed by atoms with Gasteiger partial charge in [0.1, 0.15) is 11.4 Å². The number of rotatable bonds is 3. The molecule has 3 heterocycles. The van der Waals surface area contributed by atoms with Crippen molar-refractivity contribution in [3.05, 3.63) is 35.7 Å². The highest BCUT2D eigenvalue weighted by Gasteiger charge is 2.18. The fourth-order valence-electron chi connectivity index (χ4n) is 3.61. The first-order chi connectivity index (χ1) is 13.0. The Labute approximate surface area is 158 Å². The number of likely N-dealkylation sites (tertiary alicyclic amines) is 1. The third kappa shape index (κ3) is 3.44. The highest BCUT2D eigenvalue weighted by Crippen LogP contribution is 2.28. The van der Waals surface area contributed by atoms with Crippen LogP contribution in [0.4, 0.5) is 5.95 Å². The van der Waals surface area contributed by atoms with Crippen LogP contribution in [0.2, 0.25) is 0 Å². The number of aromatic nitrogens is 4. The lowest BCUT2D eigenvalue weighted by molar-refractivity contribution is 0.260. The van der Waals surface area contributed by atoms with Crippen molar-refractivity contribution in [2.24, 2.45) is 0 Å². The van der Waals surface area contributed by atoms with Gasteiger partial charge in [0.15, 0.2) is 5.65 Å². The van der Waals surface area contributed by atoms with Crippen LogP contribution >= 0.6 is 0 Å². The van der Waals surface area contributed by atoms with Gasteiger partial charge in [-0.05, 0) is 51.1 Å². The predicted octanol–water partition coefficient (Wildman–Crippen LogP) is 2.32. The summed E-state index contributed by atoms with van der Waals surface area (Å²) >= 11 is 0. The van der Waals surface area contributed by atoms with E-state index in [1.165, 1.54) is 0 Å². The normalized spacial score (nSPS) is 17.7. The first-order valence-corrected chi connectivity index (χ1v) is 9.01. The van der Waals surface area contributed by atoms with E-state index in [2.05, 4.69) is 38.3 Å². The minimum absolute atomic E-state index is 0.0901. The molecule has 0 bridgehead atoms. The topological polar surface area (TPSA) is 79.1 Å². The van der Waals surface area contributed by atoms with Crippen molar-refractivity contribution in [1.29, 1.82) is 0 Å². The molecule has 7 heteroatoms. The fraction of sp³-hybridized carbons (Fsp3) is 0.350. The lowest BCUT2D eigenvalue weighted by Gasteiger charge is -2.30. The Kier molecular flexibility index (Phi) is 4.42. The second-order valence-corrected chi connectivity index (χ2v) is 7.10. The number of likely N-dealkylation sites (N-methyl/N-ethyl adjacent to an activating group) is 1. The van der Waals surface area contributed by atoms with E-state index >= 15 is 0 Å². The lowest BCUT2D eigenvalue weighted by Crippen LogP contribution is -2.40. The number of hydrogen-bond acceptors (Lipinski definition) is 6. The Morgan fingerprint density at radius 3 is 2.96 bits per heavy atom. The lowest BCUT2D eigenvalue weighted by atomic mass is 10.1. The number of nitrogens with zero attached hydrogens (tertiary/aromatic N) is 5. The van der Waals surface area contributed by atoms with Crippen LogP contribution in [0.15, 0.2) is 24.5 Å². The molecule has 27 heavy (non-hydrogen) atoms. The fourth-order valence-corrected chi connectivity index (χ4v) is 3.61.